The smallest absolute Gasteiger partial charge is 0.332 e. The predicted molar refractivity (Wildman–Crippen MR) is 87.9 cm³/mol. The summed E-state index contributed by atoms with van der Waals surface area (Å²) < 4.78 is 4.79. The number of nitrogens with zero attached hydrogens (tertiary/aromatic N) is 2. The molecule has 2 fully saturated rings. The van der Waals surface area contributed by atoms with E-state index in [-0.39, 0.29) is 30.5 Å². The normalized spacial score (nSPS) is 23.4. The number of rotatable bonds is 4. The second-order valence-electron chi connectivity index (χ2n) is 5.86. The molecule has 128 valence electrons. The molecule has 1 N–H and O–H groups in total. The molecule has 2 aliphatic rings. The Balaban J connectivity index is 1.73. The molecule has 0 aromatic heterocycles. The first-order valence-electron chi connectivity index (χ1n) is 7.69. The van der Waals surface area contributed by atoms with E-state index in [0.717, 1.165) is 0 Å². The number of piperidine rings is 1. The molecule has 1 aromatic carbocycles. The van der Waals surface area contributed by atoms with Crippen LogP contribution in [0.2, 0.25) is 5.02 Å². The van der Waals surface area contributed by atoms with Gasteiger partial charge in [-0.3, -0.25) is 9.59 Å². The molecule has 2 aliphatic heterocycles. The number of carbonyl (C=O) groups is 3. The van der Waals surface area contributed by atoms with E-state index in [9.17, 15) is 14.4 Å². The number of hydrogen-bond acceptors (Lipinski definition) is 4. The summed E-state index contributed by atoms with van der Waals surface area (Å²) >= 11 is 5.86. The Kier molecular flexibility index (Phi) is 4.73. The van der Waals surface area contributed by atoms with E-state index < -0.39 is 6.04 Å². The highest BCUT2D eigenvalue weighted by Crippen LogP contribution is 2.31. The average molecular weight is 352 g/mol. The van der Waals surface area contributed by atoms with E-state index in [1.54, 1.807) is 29.2 Å². The van der Waals surface area contributed by atoms with Crippen LogP contribution in [0.15, 0.2) is 24.3 Å². The lowest BCUT2D eigenvalue weighted by atomic mass is 9.98. The summed E-state index contributed by atoms with van der Waals surface area (Å²) in [5, 5.41) is 3.38. The van der Waals surface area contributed by atoms with E-state index in [1.165, 1.54) is 12.0 Å². The van der Waals surface area contributed by atoms with Crippen LogP contribution in [-0.2, 0) is 14.3 Å². The fraction of sp³-hybridized carbons (Fsp3) is 0.438. The summed E-state index contributed by atoms with van der Waals surface area (Å²) in [4.78, 5) is 39.6. The van der Waals surface area contributed by atoms with Gasteiger partial charge in [0.05, 0.1) is 5.69 Å². The van der Waals surface area contributed by atoms with Crippen LogP contribution in [0, 0.1) is 0 Å². The first kappa shape index (κ1) is 16.7. The molecule has 7 nitrogen and oxygen atoms in total. The van der Waals surface area contributed by atoms with Gasteiger partial charge in [-0.1, -0.05) is 11.6 Å². The van der Waals surface area contributed by atoms with Gasteiger partial charge in [-0.05, 0) is 37.1 Å². The molecular weight excluding hydrogens is 334 g/mol. The number of benzene rings is 1. The van der Waals surface area contributed by atoms with Gasteiger partial charge in [-0.25, -0.2) is 9.69 Å². The fourth-order valence-electron chi connectivity index (χ4n) is 3.16. The van der Waals surface area contributed by atoms with Gasteiger partial charge in [0, 0.05) is 24.7 Å². The quantitative estimate of drug-likeness (QED) is 0.832. The van der Waals surface area contributed by atoms with Crippen LogP contribution in [0.1, 0.15) is 12.8 Å². The number of methoxy groups -OCH3 is 1. The summed E-state index contributed by atoms with van der Waals surface area (Å²) in [6.45, 7) is 0.409. The predicted octanol–water partition coefficient (Wildman–Crippen LogP) is 1.40. The number of amides is 4. The van der Waals surface area contributed by atoms with E-state index in [1.807, 2.05) is 0 Å². The molecule has 4 amide bonds. The van der Waals surface area contributed by atoms with Crippen LogP contribution in [0.3, 0.4) is 0 Å². The third kappa shape index (κ3) is 3.09. The zero-order valence-electron chi connectivity index (χ0n) is 13.2. The van der Waals surface area contributed by atoms with E-state index in [0.29, 0.717) is 30.1 Å². The van der Waals surface area contributed by atoms with Crippen molar-refractivity contribution in [3.63, 3.8) is 0 Å². The van der Waals surface area contributed by atoms with Crippen LogP contribution in [0.4, 0.5) is 10.5 Å². The summed E-state index contributed by atoms with van der Waals surface area (Å²) in [6.07, 6.45) is 1.02. The second-order valence-corrected chi connectivity index (χ2v) is 6.30. The lowest BCUT2D eigenvalue weighted by molar-refractivity contribution is -0.127. The molecule has 0 radical (unpaired) electrons. The lowest BCUT2D eigenvalue weighted by Crippen LogP contribution is -2.50. The van der Waals surface area contributed by atoms with E-state index in [2.05, 4.69) is 5.32 Å². The minimum Gasteiger partial charge on any atom is -0.375 e. The van der Waals surface area contributed by atoms with Crippen LogP contribution in [0.5, 0.6) is 0 Å². The number of urea groups is 1. The third-order valence-corrected chi connectivity index (χ3v) is 4.52. The van der Waals surface area contributed by atoms with Gasteiger partial charge in [0.1, 0.15) is 12.6 Å². The number of anilines is 1. The maximum Gasteiger partial charge on any atom is 0.332 e. The largest absolute Gasteiger partial charge is 0.375 e. The Morgan fingerprint density at radius 3 is 2.71 bits per heavy atom. The molecular formula is C16H18ClN3O4. The third-order valence-electron chi connectivity index (χ3n) is 4.27. The fourth-order valence-corrected chi connectivity index (χ4v) is 3.29. The molecule has 0 aliphatic carbocycles. The van der Waals surface area contributed by atoms with Gasteiger partial charge in [-0.2, -0.15) is 0 Å². The van der Waals surface area contributed by atoms with Crippen molar-refractivity contribution in [1.82, 2.24) is 10.2 Å². The van der Waals surface area contributed by atoms with Crippen molar-refractivity contribution >= 4 is 35.1 Å². The minimum atomic E-state index is -0.547. The van der Waals surface area contributed by atoms with Gasteiger partial charge < -0.3 is 15.0 Å². The maximum absolute atomic E-state index is 12.7. The van der Waals surface area contributed by atoms with Crippen molar-refractivity contribution in [2.45, 2.75) is 24.9 Å². The van der Waals surface area contributed by atoms with E-state index in [4.69, 9.17) is 16.3 Å². The molecule has 0 spiro atoms. The summed E-state index contributed by atoms with van der Waals surface area (Å²) in [7, 11) is 1.45. The summed E-state index contributed by atoms with van der Waals surface area (Å²) in [5.74, 6) is -0.490. The number of nitrogens with one attached hydrogen (secondary N) is 1. The molecule has 0 bridgehead atoms. The Morgan fingerprint density at radius 1 is 1.33 bits per heavy atom. The molecule has 2 saturated heterocycles. The number of ether oxygens (including phenoxy) is 1. The van der Waals surface area contributed by atoms with Gasteiger partial charge in [-0.15, -0.1) is 0 Å². The molecule has 0 saturated carbocycles. The second kappa shape index (κ2) is 6.78. The van der Waals surface area contributed by atoms with Crippen LogP contribution < -0.4 is 10.2 Å². The number of halogens is 1. The topological polar surface area (TPSA) is 79.0 Å². The molecule has 24 heavy (non-hydrogen) atoms. The Morgan fingerprint density at radius 2 is 2.04 bits per heavy atom. The SMILES string of the molecule is COCC(=O)N[C@H]1CCN2C(=O)N(c3ccc(Cl)cc3)C(=O)[C@@H]2C1. The highest BCUT2D eigenvalue weighted by atomic mass is 35.5. The highest BCUT2D eigenvalue weighted by molar-refractivity contribution is 6.30. The zero-order chi connectivity index (χ0) is 17.3. The van der Waals surface area contributed by atoms with Crippen molar-refractivity contribution in [1.29, 1.82) is 0 Å². The molecule has 2 heterocycles. The van der Waals surface area contributed by atoms with Gasteiger partial charge >= 0.3 is 6.03 Å². The highest BCUT2D eigenvalue weighted by Gasteiger charge is 2.48. The van der Waals surface area contributed by atoms with Crippen LogP contribution in [0.25, 0.3) is 0 Å². The Hall–Kier alpha value is -2.12. The van der Waals surface area contributed by atoms with Crippen molar-refractivity contribution in [2.24, 2.45) is 0 Å². The van der Waals surface area contributed by atoms with Crippen molar-refractivity contribution in [2.75, 3.05) is 25.2 Å². The summed E-state index contributed by atoms with van der Waals surface area (Å²) in [5.41, 5.74) is 0.503. The van der Waals surface area contributed by atoms with Crippen molar-refractivity contribution in [3.05, 3.63) is 29.3 Å². The van der Waals surface area contributed by atoms with Crippen LogP contribution in [-0.4, -0.2) is 55.1 Å². The van der Waals surface area contributed by atoms with Gasteiger partial charge in [0.15, 0.2) is 0 Å². The summed E-state index contributed by atoms with van der Waals surface area (Å²) in [6, 6.07) is 5.56. The molecule has 0 unspecified atom stereocenters. The molecule has 2 atom stereocenters. The number of fused-ring (bicyclic) bond motifs is 1. The average Bonchev–Trinajstić information content (AvgIpc) is 2.80. The number of carbonyl (C=O) groups excluding carboxylic acids is 3. The maximum atomic E-state index is 12.7. The minimum absolute atomic E-state index is 0.0192. The van der Waals surface area contributed by atoms with Crippen LogP contribution >= 0.6 is 11.6 Å². The molecule has 3 rings (SSSR count). The van der Waals surface area contributed by atoms with Gasteiger partial charge in [0.2, 0.25) is 5.91 Å². The Bertz CT molecular complexity index is 664. The van der Waals surface area contributed by atoms with Crippen molar-refractivity contribution in [3.8, 4) is 0 Å². The molecule has 1 aromatic rings. The van der Waals surface area contributed by atoms with Crippen molar-refractivity contribution < 1.29 is 19.1 Å². The first-order chi connectivity index (χ1) is 11.5. The van der Waals surface area contributed by atoms with E-state index >= 15 is 0 Å². The zero-order valence-corrected chi connectivity index (χ0v) is 14.0. The number of imide groups is 1. The monoisotopic (exact) mass is 351 g/mol. The van der Waals surface area contributed by atoms with Gasteiger partial charge in [0.25, 0.3) is 5.91 Å². The lowest BCUT2D eigenvalue weighted by Gasteiger charge is -2.32. The Labute approximate surface area is 144 Å². The molecule has 8 heteroatoms. The number of hydrogen-bond donors (Lipinski definition) is 1. The standard InChI is InChI=1S/C16H18ClN3O4/c1-24-9-14(21)18-11-6-7-19-13(8-11)15(22)20(16(19)23)12-4-2-10(17)3-5-12/h2-5,11,13H,6-9H2,1H3,(H,18,21)/t11-,13-/m0/s1. The first-order valence-corrected chi connectivity index (χ1v) is 8.07.